The second-order valence-electron chi connectivity index (χ2n) is 4.93. The number of nitrogen functional groups attached to an aromatic ring is 1. The largest absolute Gasteiger partial charge is 0.481 e. The molecule has 0 aliphatic heterocycles. The molecule has 0 unspecified atom stereocenters. The van der Waals surface area contributed by atoms with Gasteiger partial charge in [-0.15, -0.1) is 0 Å². The van der Waals surface area contributed by atoms with Crippen LogP contribution in [0.5, 0.6) is 0 Å². The molecule has 0 aliphatic carbocycles. The van der Waals surface area contributed by atoms with E-state index in [1.165, 1.54) is 5.56 Å². The first kappa shape index (κ1) is 14.9. The van der Waals surface area contributed by atoms with Gasteiger partial charge in [-0.05, 0) is 24.1 Å². The number of carboxylic acids is 1. The van der Waals surface area contributed by atoms with Gasteiger partial charge in [0.15, 0.2) is 0 Å². The van der Waals surface area contributed by atoms with E-state index in [2.05, 4.69) is 12.1 Å². The van der Waals surface area contributed by atoms with Crippen molar-refractivity contribution in [2.24, 2.45) is 0 Å². The number of carboxylic acid groups (broad SMARTS) is 1. The van der Waals surface area contributed by atoms with E-state index in [1.807, 2.05) is 47.4 Å². The molecule has 2 aromatic carbocycles. The number of carbonyl (C=O) groups is 1. The van der Waals surface area contributed by atoms with Crippen LogP contribution in [0.2, 0.25) is 0 Å². The Bertz CT molecular complexity index is 584. The highest BCUT2D eigenvalue weighted by Gasteiger charge is 2.11. The average Bonchev–Trinajstić information content (AvgIpc) is 2.49. The van der Waals surface area contributed by atoms with Crippen molar-refractivity contribution >= 4 is 17.3 Å². The first-order valence-electron chi connectivity index (χ1n) is 7.02. The third-order valence-corrected chi connectivity index (χ3v) is 3.39. The standard InChI is InChI=1S/C17H20N2O2/c18-15-8-4-5-9-16(15)19(13-11-17(20)21)12-10-14-6-2-1-3-7-14/h1-9H,10-13,18H2,(H,20,21). The van der Waals surface area contributed by atoms with Gasteiger partial charge in [0.25, 0.3) is 0 Å². The van der Waals surface area contributed by atoms with Gasteiger partial charge in [0.1, 0.15) is 0 Å². The Balaban J connectivity index is 2.09. The molecule has 0 amide bonds. The molecule has 0 bridgehead atoms. The Morgan fingerprint density at radius 1 is 1.00 bits per heavy atom. The fraction of sp³-hybridized carbons (Fsp3) is 0.235. The molecule has 0 radical (unpaired) electrons. The topological polar surface area (TPSA) is 66.6 Å². The maximum absolute atomic E-state index is 10.8. The van der Waals surface area contributed by atoms with Gasteiger partial charge in [-0.2, -0.15) is 0 Å². The van der Waals surface area contributed by atoms with Gasteiger partial charge in [0.05, 0.1) is 17.8 Å². The van der Waals surface area contributed by atoms with E-state index in [0.29, 0.717) is 12.2 Å². The van der Waals surface area contributed by atoms with Crippen LogP contribution >= 0.6 is 0 Å². The van der Waals surface area contributed by atoms with Crippen molar-refractivity contribution in [1.29, 1.82) is 0 Å². The molecule has 0 aromatic heterocycles. The van der Waals surface area contributed by atoms with Crippen molar-refractivity contribution in [3.63, 3.8) is 0 Å². The van der Waals surface area contributed by atoms with E-state index in [1.54, 1.807) is 0 Å². The maximum atomic E-state index is 10.8. The van der Waals surface area contributed by atoms with Crippen LogP contribution in [0.1, 0.15) is 12.0 Å². The molecular weight excluding hydrogens is 264 g/mol. The molecule has 21 heavy (non-hydrogen) atoms. The Morgan fingerprint density at radius 2 is 1.67 bits per heavy atom. The number of nitrogens with two attached hydrogens (primary N) is 1. The predicted octanol–water partition coefficient (Wildman–Crippen LogP) is 2.79. The lowest BCUT2D eigenvalue weighted by atomic mass is 10.1. The number of benzene rings is 2. The van der Waals surface area contributed by atoms with E-state index in [-0.39, 0.29) is 6.42 Å². The molecule has 0 saturated heterocycles. The van der Waals surface area contributed by atoms with Gasteiger partial charge in [0, 0.05) is 13.1 Å². The van der Waals surface area contributed by atoms with Gasteiger partial charge in [-0.25, -0.2) is 0 Å². The molecule has 4 heteroatoms. The molecule has 0 aliphatic rings. The van der Waals surface area contributed by atoms with Gasteiger partial charge in [0.2, 0.25) is 0 Å². The van der Waals surface area contributed by atoms with Crippen LogP contribution in [-0.4, -0.2) is 24.2 Å². The lowest BCUT2D eigenvalue weighted by molar-refractivity contribution is -0.136. The Kier molecular flexibility index (Phi) is 5.21. The third kappa shape index (κ3) is 4.53. The van der Waals surface area contributed by atoms with Crippen molar-refractivity contribution in [1.82, 2.24) is 0 Å². The minimum absolute atomic E-state index is 0.100. The highest BCUT2D eigenvalue weighted by molar-refractivity contribution is 5.70. The van der Waals surface area contributed by atoms with Crippen molar-refractivity contribution in [3.8, 4) is 0 Å². The van der Waals surface area contributed by atoms with Gasteiger partial charge in [-0.3, -0.25) is 4.79 Å². The maximum Gasteiger partial charge on any atom is 0.305 e. The van der Waals surface area contributed by atoms with Crippen LogP contribution in [0, 0.1) is 0 Å². The molecule has 110 valence electrons. The van der Waals surface area contributed by atoms with Gasteiger partial charge < -0.3 is 15.7 Å². The Hall–Kier alpha value is -2.49. The smallest absolute Gasteiger partial charge is 0.305 e. The molecule has 2 aromatic rings. The third-order valence-electron chi connectivity index (χ3n) is 3.39. The van der Waals surface area contributed by atoms with Gasteiger partial charge in [-0.1, -0.05) is 42.5 Å². The number of aliphatic carboxylic acids is 1. The normalized spacial score (nSPS) is 10.3. The fourth-order valence-electron chi connectivity index (χ4n) is 2.27. The van der Waals surface area contributed by atoms with Crippen molar-refractivity contribution in [2.45, 2.75) is 12.8 Å². The van der Waals surface area contributed by atoms with E-state index in [9.17, 15) is 4.79 Å². The second kappa shape index (κ2) is 7.33. The lowest BCUT2D eigenvalue weighted by Gasteiger charge is -2.25. The summed E-state index contributed by atoms with van der Waals surface area (Å²) in [5, 5.41) is 8.91. The molecule has 0 heterocycles. The molecular formula is C17H20N2O2. The zero-order valence-corrected chi connectivity index (χ0v) is 11.9. The molecule has 0 saturated carbocycles. The molecule has 4 nitrogen and oxygen atoms in total. The molecule has 0 atom stereocenters. The van der Waals surface area contributed by atoms with Crippen molar-refractivity contribution in [3.05, 3.63) is 60.2 Å². The summed E-state index contributed by atoms with van der Waals surface area (Å²) in [7, 11) is 0. The van der Waals surface area contributed by atoms with E-state index in [4.69, 9.17) is 10.8 Å². The minimum atomic E-state index is -0.797. The van der Waals surface area contributed by atoms with Crippen LogP contribution in [0.4, 0.5) is 11.4 Å². The summed E-state index contributed by atoms with van der Waals surface area (Å²) in [6.45, 7) is 1.20. The number of rotatable bonds is 7. The minimum Gasteiger partial charge on any atom is -0.481 e. The summed E-state index contributed by atoms with van der Waals surface area (Å²) in [5.74, 6) is -0.797. The van der Waals surface area contributed by atoms with Crippen LogP contribution in [-0.2, 0) is 11.2 Å². The number of anilines is 2. The molecule has 0 spiro atoms. The summed E-state index contributed by atoms with van der Waals surface area (Å²) in [6, 6.07) is 17.7. The Labute approximate surface area is 124 Å². The number of para-hydroxylation sites is 2. The van der Waals surface area contributed by atoms with Crippen molar-refractivity contribution < 1.29 is 9.90 Å². The molecule has 2 rings (SSSR count). The average molecular weight is 284 g/mol. The summed E-state index contributed by atoms with van der Waals surface area (Å²) >= 11 is 0. The SMILES string of the molecule is Nc1ccccc1N(CCC(=O)O)CCc1ccccc1. The van der Waals surface area contributed by atoms with Crippen LogP contribution in [0.15, 0.2) is 54.6 Å². The zero-order chi connectivity index (χ0) is 15.1. The summed E-state index contributed by atoms with van der Waals surface area (Å²) in [4.78, 5) is 12.9. The first-order chi connectivity index (χ1) is 10.2. The fourth-order valence-corrected chi connectivity index (χ4v) is 2.27. The van der Waals surface area contributed by atoms with E-state index < -0.39 is 5.97 Å². The highest BCUT2D eigenvalue weighted by atomic mass is 16.4. The predicted molar refractivity (Wildman–Crippen MR) is 85.5 cm³/mol. The van der Waals surface area contributed by atoms with Gasteiger partial charge >= 0.3 is 5.97 Å². The van der Waals surface area contributed by atoms with E-state index >= 15 is 0 Å². The Morgan fingerprint density at radius 3 is 2.33 bits per heavy atom. The monoisotopic (exact) mass is 284 g/mol. The highest BCUT2D eigenvalue weighted by Crippen LogP contribution is 2.23. The molecule has 3 N–H and O–H groups in total. The second-order valence-corrected chi connectivity index (χ2v) is 4.93. The number of hydrogen-bond acceptors (Lipinski definition) is 3. The summed E-state index contributed by atoms with van der Waals surface area (Å²) < 4.78 is 0. The summed E-state index contributed by atoms with van der Waals surface area (Å²) in [5.41, 5.74) is 8.81. The van der Waals surface area contributed by atoms with Crippen LogP contribution < -0.4 is 10.6 Å². The first-order valence-corrected chi connectivity index (χ1v) is 7.02. The number of nitrogens with zero attached hydrogens (tertiary/aromatic N) is 1. The van der Waals surface area contributed by atoms with Crippen LogP contribution in [0.3, 0.4) is 0 Å². The van der Waals surface area contributed by atoms with Crippen molar-refractivity contribution in [2.75, 3.05) is 23.7 Å². The zero-order valence-electron chi connectivity index (χ0n) is 11.9. The lowest BCUT2D eigenvalue weighted by Crippen LogP contribution is -2.29. The summed E-state index contributed by atoms with van der Waals surface area (Å²) in [6.07, 6.45) is 0.956. The van der Waals surface area contributed by atoms with Crippen LogP contribution in [0.25, 0.3) is 0 Å². The molecule has 0 fully saturated rings. The number of hydrogen-bond donors (Lipinski definition) is 2. The quantitative estimate of drug-likeness (QED) is 0.767. The van der Waals surface area contributed by atoms with E-state index in [0.717, 1.165) is 18.7 Å².